The van der Waals surface area contributed by atoms with E-state index in [4.69, 9.17) is 5.73 Å². The van der Waals surface area contributed by atoms with Gasteiger partial charge in [0.2, 0.25) is 0 Å². The van der Waals surface area contributed by atoms with Gasteiger partial charge in [-0.05, 0) is 28.9 Å². The Morgan fingerprint density at radius 3 is 2.85 bits per heavy atom. The van der Waals surface area contributed by atoms with Gasteiger partial charge in [0.25, 0.3) is 0 Å². The van der Waals surface area contributed by atoms with Gasteiger partial charge in [-0.1, -0.05) is 0 Å². The summed E-state index contributed by atoms with van der Waals surface area (Å²) in [6.07, 6.45) is 3.60. The van der Waals surface area contributed by atoms with E-state index in [1.165, 1.54) is 0 Å². The highest BCUT2D eigenvalue weighted by Crippen LogP contribution is 2.18. The minimum atomic E-state index is 0.330. The SMILES string of the molecule is CC(CN)N(C)c1cncc(Br)c1. The molecule has 13 heavy (non-hydrogen) atoms. The van der Waals surface area contributed by atoms with Crippen LogP contribution in [-0.4, -0.2) is 24.6 Å². The molecule has 1 atom stereocenters. The second-order valence-electron chi connectivity index (χ2n) is 3.06. The van der Waals surface area contributed by atoms with Crippen LogP contribution in [0.25, 0.3) is 0 Å². The van der Waals surface area contributed by atoms with E-state index < -0.39 is 0 Å². The van der Waals surface area contributed by atoms with Crippen LogP contribution in [0.1, 0.15) is 6.92 Å². The van der Waals surface area contributed by atoms with Gasteiger partial charge in [-0.15, -0.1) is 0 Å². The maximum atomic E-state index is 5.57. The van der Waals surface area contributed by atoms with Crippen LogP contribution in [-0.2, 0) is 0 Å². The van der Waals surface area contributed by atoms with Crippen LogP contribution in [0.2, 0.25) is 0 Å². The minimum Gasteiger partial charge on any atom is -0.369 e. The zero-order valence-electron chi connectivity index (χ0n) is 7.87. The predicted octanol–water partition coefficient (Wildman–Crippen LogP) is 1.63. The molecule has 72 valence electrons. The molecule has 0 saturated carbocycles. The molecule has 0 aromatic carbocycles. The number of halogens is 1. The van der Waals surface area contributed by atoms with Gasteiger partial charge in [-0.3, -0.25) is 4.98 Å². The van der Waals surface area contributed by atoms with Crippen molar-refractivity contribution in [2.24, 2.45) is 5.73 Å². The molecule has 1 aromatic rings. The van der Waals surface area contributed by atoms with Crippen molar-refractivity contribution in [3.05, 3.63) is 22.9 Å². The van der Waals surface area contributed by atoms with Crippen molar-refractivity contribution in [1.29, 1.82) is 0 Å². The summed E-state index contributed by atoms with van der Waals surface area (Å²) in [7, 11) is 2.01. The molecule has 1 aromatic heterocycles. The molecule has 4 heteroatoms. The molecule has 0 saturated heterocycles. The highest BCUT2D eigenvalue weighted by molar-refractivity contribution is 9.10. The van der Waals surface area contributed by atoms with Crippen LogP contribution in [0.5, 0.6) is 0 Å². The van der Waals surface area contributed by atoms with Gasteiger partial charge in [0.15, 0.2) is 0 Å². The monoisotopic (exact) mass is 243 g/mol. The first kappa shape index (κ1) is 10.5. The fraction of sp³-hybridized carbons (Fsp3) is 0.444. The number of rotatable bonds is 3. The minimum absolute atomic E-state index is 0.330. The molecule has 3 nitrogen and oxygen atoms in total. The molecular formula is C9H14BrN3. The van der Waals surface area contributed by atoms with E-state index in [9.17, 15) is 0 Å². The second-order valence-corrected chi connectivity index (χ2v) is 3.97. The summed E-state index contributed by atoms with van der Waals surface area (Å²) >= 11 is 3.38. The van der Waals surface area contributed by atoms with Gasteiger partial charge in [0, 0.05) is 30.3 Å². The van der Waals surface area contributed by atoms with Crippen LogP contribution in [0, 0.1) is 0 Å². The van der Waals surface area contributed by atoms with Crippen molar-refractivity contribution in [3.8, 4) is 0 Å². The van der Waals surface area contributed by atoms with Crippen molar-refractivity contribution in [3.63, 3.8) is 0 Å². The summed E-state index contributed by atoms with van der Waals surface area (Å²) in [5, 5.41) is 0. The van der Waals surface area contributed by atoms with E-state index in [-0.39, 0.29) is 0 Å². The molecule has 0 aliphatic heterocycles. The lowest BCUT2D eigenvalue weighted by Gasteiger charge is -2.25. The van der Waals surface area contributed by atoms with Crippen LogP contribution in [0.3, 0.4) is 0 Å². The van der Waals surface area contributed by atoms with Gasteiger partial charge < -0.3 is 10.6 Å². The number of nitrogens with two attached hydrogens (primary N) is 1. The van der Waals surface area contributed by atoms with Crippen LogP contribution in [0.4, 0.5) is 5.69 Å². The standard InChI is InChI=1S/C9H14BrN3/c1-7(4-11)13(2)9-3-8(10)5-12-6-9/h3,5-7H,4,11H2,1-2H3. The number of anilines is 1. The summed E-state index contributed by atoms with van der Waals surface area (Å²) in [6.45, 7) is 2.73. The Labute approximate surface area is 87.1 Å². The van der Waals surface area contributed by atoms with E-state index in [1.54, 1.807) is 6.20 Å². The molecule has 1 unspecified atom stereocenters. The zero-order chi connectivity index (χ0) is 9.84. The summed E-state index contributed by atoms with van der Waals surface area (Å²) in [5.74, 6) is 0. The molecular weight excluding hydrogens is 230 g/mol. The van der Waals surface area contributed by atoms with Gasteiger partial charge in [-0.2, -0.15) is 0 Å². The molecule has 1 rings (SSSR count). The van der Waals surface area contributed by atoms with Gasteiger partial charge in [-0.25, -0.2) is 0 Å². The molecule has 0 bridgehead atoms. The van der Waals surface area contributed by atoms with Crippen LogP contribution in [0.15, 0.2) is 22.9 Å². The first-order valence-corrected chi connectivity index (χ1v) is 4.98. The predicted molar refractivity (Wildman–Crippen MR) is 58.9 cm³/mol. The molecule has 0 amide bonds. The third kappa shape index (κ3) is 2.67. The lowest BCUT2D eigenvalue weighted by atomic mass is 10.2. The lowest BCUT2D eigenvalue weighted by Crippen LogP contribution is -2.35. The van der Waals surface area contributed by atoms with Crippen molar-refractivity contribution in [1.82, 2.24) is 4.98 Å². The molecule has 0 aliphatic carbocycles. The molecule has 0 radical (unpaired) electrons. The Kier molecular flexibility index (Phi) is 3.69. The normalized spacial score (nSPS) is 12.6. The molecule has 0 fully saturated rings. The van der Waals surface area contributed by atoms with E-state index in [2.05, 4.69) is 32.7 Å². The average molecular weight is 244 g/mol. The highest BCUT2D eigenvalue weighted by atomic mass is 79.9. The van der Waals surface area contributed by atoms with Gasteiger partial charge >= 0.3 is 0 Å². The topological polar surface area (TPSA) is 42.1 Å². The van der Waals surface area contributed by atoms with Crippen molar-refractivity contribution in [2.75, 3.05) is 18.5 Å². The van der Waals surface area contributed by atoms with Crippen LogP contribution < -0.4 is 10.6 Å². The zero-order valence-corrected chi connectivity index (χ0v) is 9.45. The summed E-state index contributed by atoms with van der Waals surface area (Å²) in [5.41, 5.74) is 6.65. The fourth-order valence-electron chi connectivity index (χ4n) is 1.01. The average Bonchev–Trinajstić information content (AvgIpc) is 2.15. The number of hydrogen-bond acceptors (Lipinski definition) is 3. The lowest BCUT2D eigenvalue weighted by molar-refractivity contribution is 0.694. The number of pyridine rings is 1. The summed E-state index contributed by atoms with van der Waals surface area (Å²) < 4.78 is 0.987. The number of hydrogen-bond donors (Lipinski definition) is 1. The van der Waals surface area contributed by atoms with Crippen molar-refractivity contribution in [2.45, 2.75) is 13.0 Å². The van der Waals surface area contributed by atoms with Gasteiger partial charge in [0.1, 0.15) is 0 Å². The van der Waals surface area contributed by atoms with Crippen LogP contribution >= 0.6 is 15.9 Å². The maximum Gasteiger partial charge on any atom is 0.0564 e. The first-order chi connectivity index (χ1) is 6.15. The van der Waals surface area contributed by atoms with E-state index in [0.717, 1.165) is 10.2 Å². The second kappa shape index (κ2) is 4.58. The Morgan fingerprint density at radius 2 is 2.31 bits per heavy atom. The Morgan fingerprint density at radius 1 is 1.62 bits per heavy atom. The Hall–Kier alpha value is -0.610. The molecule has 0 aliphatic rings. The van der Waals surface area contributed by atoms with E-state index in [1.807, 2.05) is 19.3 Å². The third-order valence-electron chi connectivity index (χ3n) is 2.10. The number of likely N-dealkylation sites (N-methyl/N-ethyl adjacent to an activating group) is 1. The smallest absolute Gasteiger partial charge is 0.0564 e. The molecule has 1 heterocycles. The molecule has 0 spiro atoms. The number of nitrogens with zero attached hydrogens (tertiary/aromatic N) is 2. The Balaban J connectivity index is 2.82. The quantitative estimate of drug-likeness (QED) is 0.878. The van der Waals surface area contributed by atoms with Gasteiger partial charge in [0.05, 0.1) is 11.9 Å². The maximum absolute atomic E-state index is 5.57. The third-order valence-corrected chi connectivity index (χ3v) is 2.53. The molecule has 2 N–H and O–H groups in total. The van der Waals surface area contributed by atoms with Crippen molar-refractivity contribution < 1.29 is 0 Å². The van der Waals surface area contributed by atoms with E-state index in [0.29, 0.717) is 12.6 Å². The van der Waals surface area contributed by atoms with E-state index >= 15 is 0 Å². The Bertz CT molecular complexity index is 277. The summed E-state index contributed by atoms with van der Waals surface area (Å²) in [4.78, 5) is 6.20. The summed E-state index contributed by atoms with van der Waals surface area (Å²) in [6, 6.07) is 2.36. The highest BCUT2D eigenvalue weighted by Gasteiger charge is 2.07. The van der Waals surface area contributed by atoms with Crippen molar-refractivity contribution >= 4 is 21.6 Å². The first-order valence-electron chi connectivity index (χ1n) is 4.18. The fourth-order valence-corrected chi connectivity index (χ4v) is 1.36. The largest absolute Gasteiger partial charge is 0.369 e. The number of aromatic nitrogens is 1.